The SMILES string of the molecule is CNC(=O)NC(=O)C(C)N1CCN(CC(N)=S)CC1. The standard InChI is InChI=1S/C11H21N5O2S/c1-8(10(17)14-11(18)13-2)16-5-3-15(4-6-16)7-9(12)19/h8H,3-7H2,1-2H3,(H2,12,19)(H2,13,14,17,18). The maximum Gasteiger partial charge on any atom is 0.321 e. The van der Waals surface area contributed by atoms with Gasteiger partial charge in [-0.2, -0.15) is 0 Å². The van der Waals surface area contributed by atoms with Crippen LogP contribution in [0, 0.1) is 0 Å². The molecular weight excluding hydrogens is 266 g/mol. The fourth-order valence-corrected chi connectivity index (χ4v) is 2.16. The summed E-state index contributed by atoms with van der Waals surface area (Å²) in [7, 11) is 1.47. The second kappa shape index (κ2) is 7.37. The second-order valence-electron chi connectivity index (χ2n) is 4.52. The summed E-state index contributed by atoms with van der Waals surface area (Å²) in [5.74, 6) is -0.290. The molecule has 1 aliphatic heterocycles. The first-order chi connectivity index (χ1) is 8.93. The average Bonchev–Trinajstić information content (AvgIpc) is 2.37. The van der Waals surface area contributed by atoms with E-state index in [0.29, 0.717) is 11.5 Å². The lowest BCUT2D eigenvalue weighted by Crippen LogP contribution is -2.55. The van der Waals surface area contributed by atoms with Crippen LogP contribution in [0.2, 0.25) is 0 Å². The molecule has 4 N–H and O–H groups in total. The number of hydrogen-bond donors (Lipinski definition) is 3. The second-order valence-corrected chi connectivity index (χ2v) is 5.05. The molecule has 0 aromatic heterocycles. The number of nitrogens with zero attached hydrogens (tertiary/aromatic N) is 2. The molecule has 0 saturated carbocycles. The maximum atomic E-state index is 11.8. The first kappa shape index (κ1) is 15.8. The van der Waals surface area contributed by atoms with Crippen molar-refractivity contribution < 1.29 is 9.59 Å². The predicted octanol–water partition coefficient (Wildman–Crippen LogP) is -1.27. The third kappa shape index (κ3) is 5.09. The third-order valence-corrected chi connectivity index (χ3v) is 3.31. The molecule has 1 unspecified atom stereocenters. The highest BCUT2D eigenvalue weighted by Crippen LogP contribution is 2.06. The van der Waals surface area contributed by atoms with Crippen molar-refractivity contribution in [1.29, 1.82) is 0 Å². The van der Waals surface area contributed by atoms with Crippen molar-refractivity contribution in [3.8, 4) is 0 Å². The Morgan fingerprint density at radius 2 is 1.89 bits per heavy atom. The summed E-state index contributed by atoms with van der Waals surface area (Å²) in [6, 6.07) is -0.812. The van der Waals surface area contributed by atoms with Crippen molar-refractivity contribution in [2.24, 2.45) is 5.73 Å². The van der Waals surface area contributed by atoms with Crippen molar-refractivity contribution in [2.75, 3.05) is 39.8 Å². The number of urea groups is 1. The van der Waals surface area contributed by atoms with Crippen molar-refractivity contribution in [1.82, 2.24) is 20.4 Å². The quantitative estimate of drug-likeness (QED) is 0.559. The number of imide groups is 1. The fraction of sp³-hybridized carbons (Fsp3) is 0.727. The smallest absolute Gasteiger partial charge is 0.321 e. The van der Waals surface area contributed by atoms with E-state index in [1.54, 1.807) is 6.92 Å². The van der Waals surface area contributed by atoms with E-state index in [4.69, 9.17) is 18.0 Å². The van der Waals surface area contributed by atoms with Gasteiger partial charge in [-0.15, -0.1) is 0 Å². The van der Waals surface area contributed by atoms with Crippen LogP contribution in [0.5, 0.6) is 0 Å². The van der Waals surface area contributed by atoms with Crippen LogP contribution < -0.4 is 16.4 Å². The number of amides is 3. The molecule has 1 saturated heterocycles. The monoisotopic (exact) mass is 287 g/mol. The molecular formula is C11H21N5O2S. The van der Waals surface area contributed by atoms with E-state index < -0.39 is 6.03 Å². The molecule has 0 spiro atoms. The Balaban J connectivity index is 2.39. The lowest BCUT2D eigenvalue weighted by atomic mass is 10.2. The summed E-state index contributed by atoms with van der Waals surface area (Å²) < 4.78 is 0. The van der Waals surface area contributed by atoms with Crippen LogP contribution in [0.3, 0.4) is 0 Å². The minimum absolute atomic E-state index is 0.290. The van der Waals surface area contributed by atoms with E-state index >= 15 is 0 Å². The van der Waals surface area contributed by atoms with Crippen molar-refractivity contribution in [3.05, 3.63) is 0 Å². The molecule has 0 aromatic rings. The van der Waals surface area contributed by atoms with Crippen LogP contribution in [-0.2, 0) is 4.79 Å². The van der Waals surface area contributed by atoms with Crippen LogP contribution in [0.15, 0.2) is 0 Å². The Labute approximate surface area is 118 Å². The Bertz CT molecular complexity index is 355. The molecule has 1 fully saturated rings. The Morgan fingerprint density at radius 1 is 1.32 bits per heavy atom. The lowest BCUT2D eigenvalue weighted by molar-refractivity contribution is -0.125. The van der Waals surface area contributed by atoms with Crippen LogP contribution in [-0.4, -0.2) is 72.5 Å². The zero-order chi connectivity index (χ0) is 14.4. The third-order valence-electron chi connectivity index (χ3n) is 3.18. The molecule has 7 nitrogen and oxygen atoms in total. The summed E-state index contributed by atoms with van der Waals surface area (Å²) in [5, 5.41) is 4.64. The van der Waals surface area contributed by atoms with Gasteiger partial charge in [0.15, 0.2) is 0 Å². The molecule has 0 radical (unpaired) electrons. The van der Waals surface area contributed by atoms with E-state index in [0.717, 1.165) is 26.2 Å². The van der Waals surface area contributed by atoms with Gasteiger partial charge >= 0.3 is 6.03 Å². The number of thiocarbonyl (C=S) groups is 1. The zero-order valence-corrected chi connectivity index (χ0v) is 12.1. The summed E-state index contributed by atoms with van der Waals surface area (Å²) in [5.41, 5.74) is 5.50. The predicted molar refractivity (Wildman–Crippen MR) is 76.9 cm³/mol. The average molecular weight is 287 g/mol. The van der Waals surface area contributed by atoms with Gasteiger partial charge in [0.1, 0.15) is 0 Å². The highest BCUT2D eigenvalue weighted by atomic mass is 32.1. The van der Waals surface area contributed by atoms with Gasteiger partial charge in [-0.25, -0.2) is 4.79 Å². The van der Waals surface area contributed by atoms with Gasteiger partial charge < -0.3 is 11.1 Å². The summed E-state index contributed by atoms with van der Waals surface area (Å²) >= 11 is 4.87. The highest BCUT2D eigenvalue weighted by Gasteiger charge is 2.26. The molecule has 1 rings (SSSR count). The molecule has 3 amide bonds. The molecule has 0 aliphatic carbocycles. The Kier molecular flexibility index (Phi) is 6.13. The minimum Gasteiger partial charge on any atom is -0.392 e. The highest BCUT2D eigenvalue weighted by molar-refractivity contribution is 7.80. The van der Waals surface area contributed by atoms with Gasteiger partial charge in [0.25, 0.3) is 0 Å². The van der Waals surface area contributed by atoms with E-state index in [1.165, 1.54) is 7.05 Å². The van der Waals surface area contributed by atoms with Crippen LogP contribution in [0.25, 0.3) is 0 Å². The van der Waals surface area contributed by atoms with Crippen molar-refractivity contribution >= 4 is 29.1 Å². The lowest BCUT2D eigenvalue weighted by Gasteiger charge is -2.37. The van der Waals surface area contributed by atoms with Gasteiger partial charge in [0.05, 0.1) is 11.0 Å². The van der Waals surface area contributed by atoms with Gasteiger partial charge in [0, 0.05) is 39.8 Å². The fourth-order valence-electron chi connectivity index (χ4n) is 1.97. The van der Waals surface area contributed by atoms with Crippen molar-refractivity contribution in [3.63, 3.8) is 0 Å². The molecule has 0 bridgehead atoms. The van der Waals surface area contributed by atoms with Gasteiger partial charge in [0.2, 0.25) is 5.91 Å². The van der Waals surface area contributed by atoms with Gasteiger partial charge in [-0.05, 0) is 6.92 Å². The first-order valence-electron chi connectivity index (χ1n) is 6.21. The van der Waals surface area contributed by atoms with E-state index in [-0.39, 0.29) is 11.9 Å². The molecule has 1 atom stereocenters. The molecule has 8 heteroatoms. The summed E-state index contributed by atoms with van der Waals surface area (Å²) in [6.07, 6.45) is 0. The summed E-state index contributed by atoms with van der Waals surface area (Å²) in [4.78, 5) is 27.6. The number of rotatable bonds is 4. The number of nitrogens with two attached hydrogens (primary N) is 1. The Morgan fingerprint density at radius 3 is 2.37 bits per heavy atom. The molecule has 108 valence electrons. The molecule has 19 heavy (non-hydrogen) atoms. The zero-order valence-electron chi connectivity index (χ0n) is 11.3. The number of carbonyl (C=O) groups excluding carboxylic acids is 2. The number of piperazine rings is 1. The van der Waals surface area contributed by atoms with E-state index in [1.807, 2.05) is 4.90 Å². The normalized spacial score (nSPS) is 18.6. The topological polar surface area (TPSA) is 90.7 Å². The van der Waals surface area contributed by atoms with Gasteiger partial charge in [-0.3, -0.25) is 19.9 Å². The molecule has 1 heterocycles. The Hall–Kier alpha value is -1.25. The van der Waals surface area contributed by atoms with E-state index in [2.05, 4.69) is 15.5 Å². The van der Waals surface area contributed by atoms with Gasteiger partial charge in [-0.1, -0.05) is 12.2 Å². The van der Waals surface area contributed by atoms with Crippen LogP contribution in [0.1, 0.15) is 6.92 Å². The number of carbonyl (C=O) groups is 2. The van der Waals surface area contributed by atoms with Crippen molar-refractivity contribution in [2.45, 2.75) is 13.0 Å². The number of hydrogen-bond acceptors (Lipinski definition) is 5. The van der Waals surface area contributed by atoms with E-state index in [9.17, 15) is 9.59 Å². The number of nitrogens with one attached hydrogen (secondary N) is 2. The minimum atomic E-state index is -0.482. The first-order valence-corrected chi connectivity index (χ1v) is 6.62. The molecule has 1 aliphatic rings. The van der Waals surface area contributed by atoms with Crippen LogP contribution in [0.4, 0.5) is 4.79 Å². The maximum absolute atomic E-state index is 11.8. The molecule has 0 aromatic carbocycles. The van der Waals surface area contributed by atoms with Crippen LogP contribution >= 0.6 is 12.2 Å². The largest absolute Gasteiger partial charge is 0.392 e. The summed E-state index contributed by atoms with van der Waals surface area (Å²) in [6.45, 7) is 5.54.